The number of aliphatic hydroxyl groups is 1. The minimum atomic E-state index is 0.0276. The summed E-state index contributed by atoms with van der Waals surface area (Å²) in [6.07, 6.45) is 4.48. The van der Waals surface area contributed by atoms with Crippen LogP contribution >= 0.6 is 67.8 Å². The summed E-state index contributed by atoms with van der Waals surface area (Å²) in [7, 11) is 0. The van der Waals surface area contributed by atoms with Gasteiger partial charge >= 0.3 is 0 Å². The van der Waals surface area contributed by atoms with Crippen LogP contribution in [0.3, 0.4) is 0 Å². The van der Waals surface area contributed by atoms with Crippen molar-refractivity contribution in [3.63, 3.8) is 0 Å². The number of nitrogens with zero attached hydrogens (tertiary/aromatic N) is 1. The highest BCUT2D eigenvalue weighted by Crippen LogP contribution is 2.28. The number of benzene rings is 1. The molecule has 0 aliphatic heterocycles. The van der Waals surface area contributed by atoms with Crippen LogP contribution in [0.1, 0.15) is 36.0 Å². The lowest BCUT2D eigenvalue weighted by Gasteiger charge is -2.29. The van der Waals surface area contributed by atoms with Gasteiger partial charge in [-0.25, -0.2) is 0 Å². The third kappa shape index (κ3) is 3.97. The largest absolute Gasteiger partial charge is 0.395 e. The summed E-state index contributed by atoms with van der Waals surface area (Å²) in [6.45, 7) is 0.460. The van der Waals surface area contributed by atoms with E-state index in [4.69, 9.17) is 0 Å². The summed E-state index contributed by atoms with van der Waals surface area (Å²) in [5.74, 6) is 0.0618. The molecule has 1 N–H and O–H groups in total. The lowest BCUT2D eigenvalue weighted by molar-refractivity contribution is 0.0637. The Hall–Kier alpha value is 0.840. The molecule has 0 aromatic heterocycles. The van der Waals surface area contributed by atoms with E-state index in [-0.39, 0.29) is 12.5 Å². The number of aliphatic hydroxyl groups excluding tert-OH is 1. The normalized spacial score (nSPS) is 15.6. The first kappa shape index (κ1) is 17.2. The first-order chi connectivity index (χ1) is 9.54. The van der Waals surface area contributed by atoms with Crippen LogP contribution in [0.4, 0.5) is 0 Å². The molecule has 0 bridgehead atoms. The van der Waals surface area contributed by atoms with E-state index >= 15 is 0 Å². The van der Waals surface area contributed by atoms with Crippen LogP contribution in [0, 0.1) is 10.7 Å². The maximum Gasteiger partial charge on any atom is 0.255 e. The summed E-state index contributed by atoms with van der Waals surface area (Å²) in [5, 5.41) is 9.27. The van der Waals surface area contributed by atoms with Gasteiger partial charge in [0.25, 0.3) is 5.91 Å². The fourth-order valence-corrected chi connectivity index (χ4v) is 5.03. The van der Waals surface area contributed by atoms with Crippen molar-refractivity contribution in [3.05, 3.63) is 28.4 Å². The summed E-state index contributed by atoms with van der Waals surface area (Å²) in [5.41, 5.74) is 0.766. The van der Waals surface area contributed by atoms with Crippen LogP contribution < -0.4 is 0 Å². The Kier molecular flexibility index (Phi) is 6.80. The molecule has 6 heteroatoms. The molecule has 0 heterocycles. The Morgan fingerprint density at radius 1 is 1.25 bits per heavy atom. The summed E-state index contributed by atoms with van der Waals surface area (Å²) in [6, 6.07) is 4.32. The van der Waals surface area contributed by atoms with Gasteiger partial charge in [-0.2, -0.15) is 0 Å². The van der Waals surface area contributed by atoms with Crippen LogP contribution in [0.25, 0.3) is 0 Å². The van der Waals surface area contributed by atoms with Crippen LogP contribution in [0.5, 0.6) is 0 Å². The smallest absolute Gasteiger partial charge is 0.255 e. The Bertz CT molecular complexity index is 501. The molecule has 0 radical (unpaired) electrons. The zero-order valence-electron chi connectivity index (χ0n) is 10.9. The van der Waals surface area contributed by atoms with E-state index < -0.39 is 0 Å². The van der Waals surface area contributed by atoms with Gasteiger partial charge < -0.3 is 10.0 Å². The van der Waals surface area contributed by atoms with Crippen LogP contribution in [0.2, 0.25) is 0 Å². The molecule has 0 unspecified atom stereocenters. The Morgan fingerprint density at radius 3 is 2.50 bits per heavy atom. The van der Waals surface area contributed by atoms with Gasteiger partial charge in [0, 0.05) is 23.3 Å². The SMILES string of the molecule is O=C(c1cc(I)cc(I)c1I)N(CCO)C1CCCC1. The van der Waals surface area contributed by atoms with Gasteiger partial charge in [0.1, 0.15) is 0 Å². The molecule has 1 aliphatic carbocycles. The standard InChI is InChI=1S/C14H16I3NO2/c15-9-7-11(13(17)12(16)8-9)14(20)18(5-6-19)10-3-1-2-4-10/h7-8,10,19H,1-6H2. The zero-order chi connectivity index (χ0) is 14.7. The molecule has 1 amide bonds. The molecule has 1 aromatic rings. The quantitative estimate of drug-likeness (QED) is 0.416. The second kappa shape index (κ2) is 7.91. The Balaban J connectivity index is 2.31. The summed E-state index contributed by atoms with van der Waals surface area (Å²) < 4.78 is 3.19. The summed E-state index contributed by atoms with van der Waals surface area (Å²) >= 11 is 6.76. The fraction of sp³-hybridized carbons (Fsp3) is 0.500. The topological polar surface area (TPSA) is 40.5 Å². The number of hydrogen-bond acceptors (Lipinski definition) is 2. The molecule has 1 fully saturated rings. The molecule has 1 aromatic carbocycles. The van der Waals surface area contributed by atoms with Crippen molar-refractivity contribution in [2.24, 2.45) is 0 Å². The predicted molar refractivity (Wildman–Crippen MR) is 105 cm³/mol. The average molecular weight is 611 g/mol. The second-order valence-electron chi connectivity index (χ2n) is 4.91. The number of amides is 1. The molecule has 110 valence electrons. The van der Waals surface area contributed by atoms with E-state index in [1.165, 1.54) is 12.8 Å². The van der Waals surface area contributed by atoms with E-state index in [1.807, 2.05) is 11.0 Å². The van der Waals surface area contributed by atoms with Gasteiger partial charge in [0.15, 0.2) is 0 Å². The number of hydrogen-bond donors (Lipinski definition) is 1. The highest BCUT2D eigenvalue weighted by Gasteiger charge is 2.28. The van der Waals surface area contributed by atoms with Gasteiger partial charge in [-0.1, -0.05) is 12.8 Å². The maximum atomic E-state index is 12.9. The van der Waals surface area contributed by atoms with Crippen molar-refractivity contribution in [2.45, 2.75) is 31.7 Å². The van der Waals surface area contributed by atoms with Crippen molar-refractivity contribution in [2.75, 3.05) is 13.2 Å². The molecule has 20 heavy (non-hydrogen) atoms. The van der Waals surface area contributed by atoms with Gasteiger partial charge in [-0.15, -0.1) is 0 Å². The van der Waals surface area contributed by atoms with Crippen molar-refractivity contribution < 1.29 is 9.90 Å². The lowest BCUT2D eigenvalue weighted by atomic mass is 10.1. The van der Waals surface area contributed by atoms with E-state index in [1.54, 1.807) is 0 Å². The first-order valence-electron chi connectivity index (χ1n) is 6.61. The predicted octanol–water partition coefficient (Wildman–Crippen LogP) is 3.88. The maximum absolute atomic E-state index is 12.9. The fourth-order valence-electron chi connectivity index (χ4n) is 2.64. The zero-order valence-corrected chi connectivity index (χ0v) is 17.4. The number of carbonyl (C=O) groups is 1. The molecule has 1 saturated carbocycles. The molecular formula is C14H16I3NO2. The Morgan fingerprint density at radius 2 is 1.90 bits per heavy atom. The molecular weight excluding hydrogens is 595 g/mol. The lowest BCUT2D eigenvalue weighted by Crippen LogP contribution is -2.41. The van der Waals surface area contributed by atoms with Gasteiger partial charge in [0.2, 0.25) is 0 Å². The minimum absolute atomic E-state index is 0.0276. The molecule has 2 rings (SSSR count). The highest BCUT2D eigenvalue weighted by molar-refractivity contribution is 14.1. The van der Waals surface area contributed by atoms with E-state index in [2.05, 4.69) is 73.8 Å². The van der Waals surface area contributed by atoms with Crippen molar-refractivity contribution in [1.82, 2.24) is 4.90 Å². The molecule has 3 nitrogen and oxygen atoms in total. The summed E-state index contributed by atoms with van der Waals surface area (Å²) in [4.78, 5) is 14.7. The van der Waals surface area contributed by atoms with Crippen molar-refractivity contribution >= 4 is 73.7 Å². The Labute approximate surface area is 160 Å². The third-order valence-corrected chi connectivity index (χ3v) is 7.26. The number of rotatable bonds is 4. The van der Waals surface area contributed by atoms with Gasteiger partial charge in [-0.05, 0) is 92.7 Å². The molecule has 0 saturated heterocycles. The highest BCUT2D eigenvalue weighted by atomic mass is 127. The average Bonchev–Trinajstić information content (AvgIpc) is 2.93. The molecule has 1 aliphatic rings. The van der Waals surface area contributed by atoms with Crippen LogP contribution in [-0.4, -0.2) is 35.1 Å². The number of halogens is 3. The van der Waals surface area contributed by atoms with Gasteiger partial charge in [-0.3, -0.25) is 4.79 Å². The van der Waals surface area contributed by atoms with E-state index in [0.29, 0.717) is 12.6 Å². The van der Waals surface area contributed by atoms with Crippen molar-refractivity contribution in [1.29, 1.82) is 0 Å². The third-order valence-electron chi connectivity index (χ3n) is 3.59. The van der Waals surface area contributed by atoms with Crippen molar-refractivity contribution in [3.8, 4) is 0 Å². The number of carbonyl (C=O) groups excluding carboxylic acids is 1. The van der Waals surface area contributed by atoms with Gasteiger partial charge in [0.05, 0.1) is 12.2 Å². The molecule has 0 atom stereocenters. The monoisotopic (exact) mass is 611 g/mol. The molecule has 0 spiro atoms. The first-order valence-corrected chi connectivity index (χ1v) is 9.84. The second-order valence-corrected chi connectivity index (χ2v) is 8.40. The van der Waals surface area contributed by atoms with Crippen LogP contribution in [0.15, 0.2) is 12.1 Å². The van der Waals surface area contributed by atoms with E-state index in [9.17, 15) is 9.90 Å². The minimum Gasteiger partial charge on any atom is -0.395 e. The van der Waals surface area contributed by atoms with Crippen LogP contribution in [-0.2, 0) is 0 Å². The van der Waals surface area contributed by atoms with E-state index in [0.717, 1.165) is 29.1 Å².